The molecule has 0 spiro atoms. The molecular formula is C22H29N3O. The monoisotopic (exact) mass is 351 g/mol. The van der Waals surface area contributed by atoms with Gasteiger partial charge in [0, 0.05) is 37.9 Å². The van der Waals surface area contributed by atoms with Gasteiger partial charge in [0.2, 0.25) is 0 Å². The van der Waals surface area contributed by atoms with E-state index in [-0.39, 0.29) is 5.78 Å². The summed E-state index contributed by atoms with van der Waals surface area (Å²) >= 11 is 0. The van der Waals surface area contributed by atoms with Gasteiger partial charge in [-0.2, -0.15) is 0 Å². The molecule has 0 bridgehead atoms. The molecule has 0 unspecified atom stereocenters. The lowest BCUT2D eigenvalue weighted by Gasteiger charge is -2.21. The third-order valence-electron chi connectivity index (χ3n) is 4.29. The van der Waals surface area contributed by atoms with Crippen molar-refractivity contribution < 1.29 is 4.79 Å². The number of benzene rings is 2. The second-order valence-electron chi connectivity index (χ2n) is 6.70. The van der Waals surface area contributed by atoms with Crippen molar-refractivity contribution >= 4 is 17.5 Å². The van der Waals surface area contributed by atoms with E-state index < -0.39 is 0 Å². The highest BCUT2D eigenvalue weighted by atomic mass is 16.1. The second-order valence-corrected chi connectivity index (χ2v) is 6.70. The number of allylic oxidation sites excluding steroid dienone is 1. The van der Waals surface area contributed by atoms with E-state index >= 15 is 0 Å². The fourth-order valence-corrected chi connectivity index (χ4v) is 2.69. The zero-order valence-corrected chi connectivity index (χ0v) is 16.2. The maximum atomic E-state index is 12.6. The topological polar surface area (TPSA) is 35.6 Å². The Morgan fingerprint density at radius 3 is 2.54 bits per heavy atom. The molecule has 0 aliphatic carbocycles. The highest BCUT2D eigenvalue weighted by Crippen LogP contribution is 2.17. The van der Waals surface area contributed by atoms with Crippen LogP contribution < -0.4 is 10.2 Å². The number of nitrogens with zero attached hydrogens (tertiary/aromatic N) is 2. The number of anilines is 1. The Kier molecular flexibility index (Phi) is 7.57. The minimum Gasteiger partial charge on any atom is -0.373 e. The molecule has 2 aromatic carbocycles. The van der Waals surface area contributed by atoms with Crippen LogP contribution >= 0.6 is 0 Å². The number of ketones is 1. The summed E-state index contributed by atoms with van der Waals surface area (Å²) in [5, 5.41) is 3.16. The minimum atomic E-state index is 0.0205. The molecule has 0 saturated carbocycles. The average Bonchev–Trinajstić information content (AvgIpc) is 2.65. The molecule has 0 aliphatic heterocycles. The molecule has 0 saturated heterocycles. The number of carbonyl (C=O) groups excluding carboxylic acids is 1. The summed E-state index contributed by atoms with van der Waals surface area (Å²) in [6.07, 6.45) is 3.56. The Bertz CT molecular complexity index is 753. The molecule has 0 aliphatic rings. The van der Waals surface area contributed by atoms with Crippen molar-refractivity contribution in [1.82, 2.24) is 10.2 Å². The summed E-state index contributed by atoms with van der Waals surface area (Å²) in [4.78, 5) is 16.9. The van der Waals surface area contributed by atoms with Gasteiger partial charge >= 0.3 is 0 Å². The predicted octanol–water partition coefficient (Wildman–Crippen LogP) is 3.30. The number of likely N-dealkylation sites (N-methyl/N-ethyl adjacent to an activating group) is 2. The van der Waals surface area contributed by atoms with Crippen LogP contribution in [0.25, 0.3) is 6.08 Å². The van der Waals surface area contributed by atoms with E-state index in [9.17, 15) is 4.79 Å². The van der Waals surface area contributed by atoms with Crippen LogP contribution in [0.1, 0.15) is 21.5 Å². The van der Waals surface area contributed by atoms with Crippen LogP contribution in [0.4, 0.5) is 5.69 Å². The largest absolute Gasteiger partial charge is 0.373 e. The Morgan fingerprint density at radius 1 is 1.04 bits per heavy atom. The summed E-state index contributed by atoms with van der Waals surface area (Å²) in [6.45, 7) is 2.66. The normalized spacial score (nSPS) is 11.3. The van der Waals surface area contributed by atoms with Crippen LogP contribution in [-0.4, -0.2) is 52.0 Å². The number of rotatable bonds is 9. The van der Waals surface area contributed by atoms with Gasteiger partial charge in [0.25, 0.3) is 0 Å². The molecule has 4 nitrogen and oxygen atoms in total. The summed E-state index contributed by atoms with van der Waals surface area (Å²) in [6, 6.07) is 15.9. The zero-order chi connectivity index (χ0) is 18.9. The lowest BCUT2D eigenvalue weighted by atomic mass is 10.0. The number of hydrogen-bond acceptors (Lipinski definition) is 4. The maximum absolute atomic E-state index is 12.6. The van der Waals surface area contributed by atoms with Crippen molar-refractivity contribution in [3.63, 3.8) is 0 Å². The predicted molar refractivity (Wildman–Crippen MR) is 111 cm³/mol. The summed E-state index contributed by atoms with van der Waals surface area (Å²) in [5.74, 6) is 0.0205. The third-order valence-corrected chi connectivity index (χ3v) is 4.29. The van der Waals surface area contributed by atoms with Gasteiger partial charge in [-0.1, -0.05) is 42.5 Å². The first-order valence-electron chi connectivity index (χ1n) is 8.92. The van der Waals surface area contributed by atoms with Gasteiger partial charge in [-0.15, -0.1) is 0 Å². The minimum absolute atomic E-state index is 0.0205. The second kappa shape index (κ2) is 9.90. The maximum Gasteiger partial charge on any atom is 0.185 e. The van der Waals surface area contributed by atoms with Crippen LogP contribution in [0.2, 0.25) is 0 Å². The van der Waals surface area contributed by atoms with Gasteiger partial charge in [-0.05, 0) is 50.5 Å². The van der Waals surface area contributed by atoms with E-state index in [1.54, 1.807) is 6.08 Å². The molecule has 0 aromatic heterocycles. The lowest BCUT2D eigenvalue weighted by molar-refractivity contribution is 0.104. The molecular weight excluding hydrogens is 322 g/mol. The molecule has 1 N–H and O–H groups in total. The van der Waals surface area contributed by atoms with Crippen molar-refractivity contribution in [3.05, 3.63) is 71.3 Å². The Morgan fingerprint density at radius 2 is 1.81 bits per heavy atom. The van der Waals surface area contributed by atoms with Gasteiger partial charge in [-0.25, -0.2) is 0 Å². The first-order chi connectivity index (χ1) is 12.5. The van der Waals surface area contributed by atoms with Crippen molar-refractivity contribution in [1.29, 1.82) is 0 Å². The fraction of sp³-hybridized carbons (Fsp3) is 0.318. The van der Waals surface area contributed by atoms with Crippen molar-refractivity contribution in [2.45, 2.75) is 6.54 Å². The molecule has 0 radical (unpaired) electrons. The third kappa shape index (κ3) is 5.83. The highest BCUT2D eigenvalue weighted by molar-refractivity contribution is 6.07. The molecule has 0 atom stereocenters. The smallest absolute Gasteiger partial charge is 0.185 e. The van der Waals surface area contributed by atoms with E-state index in [4.69, 9.17) is 0 Å². The first kappa shape index (κ1) is 19.9. The SMILES string of the molecule is CNCc1ccccc1C=CC(=O)c1cccc(N(C)CCN(C)C)c1. The van der Waals surface area contributed by atoms with Gasteiger partial charge in [0.1, 0.15) is 0 Å². The standard InChI is InChI=1S/C22H29N3O/c1-23-17-20-9-6-5-8-18(20)12-13-22(26)19-10-7-11-21(16-19)25(4)15-14-24(2)3/h5-13,16,23H,14-15,17H2,1-4H3. The van der Waals surface area contributed by atoms with E-state index in [0.29, 0.717) is 5.56 Å². The first-order valence-corrected chi connectivity index (χ1v) is 8.92. The number of hydrogen-bond donors (Lipinski definition) is 1. The van der Waals surface area contributed by atoms with Crippen LogP contribution in [0, 0.1) is 0 Å². The molecule has 0 fully saturated rings. The molecule has 4 heteroatoms. The van der Waals surface area contributed by atoms with E-state index in [0.717, 1.165) is 30.9 Å². The van der Waals surface area contributed by atoms with Crippen LogP contribution in [-0.2, 0) is 6.54 Å². The van der Waals surface area contributed by atoms with E-state index in [1.807, 2.05) is 55.6 Å². The molecule has 0 heterocycles. The lowest BCUT2D eigenvalue weighted by Crippen LogP contribution is -2.28. The van der Waals surface area contributed by atoms with Crippen LogP contribution in [0.3, 0.4) is 0 Å². The average molecular weight is 351 g/mol. The Hall–Kier alpha value is -2.43. The Labute approximate surface area is 157 Å². The molecule has 2 rings (SSSR count). The Balaban J connectivity index is 2.11. The van der Waals surface area contributed by atoms with Gasteiger partial charge < -0.3 is 15.1 Å². The van der Waals surface area contributed by atoms with Gasteiger partial charge in [0.15, 0.2) is 5.78 Å². The fourth-order valence-electron chi connectivity index (χ4n) is 2.69. The van der Waals surface area contributed by atoms with Gasteiger partial charge in [0.05, 0.1) is 0 Å². The van der Waals surface area contributed by atoms with Crippen molar-refractivity contribution in [2.75, 3.05) is 46.2 Å². The molecule has 26 heavy (non-hydrogen) atoms. The summed E-state index contributed by atoms with van der Waals surface area (Å²) < 4.78 is 0. The summed E-state index contributed by atoms with van der Waals surface area (Å²) in [5.41, 5.74) is 4.01. The van der Waals surface area contributed by atoms with Crippen molar-refractivity contribution in [3.8, 4) is 0 Å². The highest BCUT2D eigenvalue weighted by Gasteiger charge is 2.07. The molecule has 0 amide bonds. The van der Waals surface area contributed by atoms with Gasteiger partial charge in [-0.3, -0.25) is 4.79 Å². The van der Waals surface area contributed by atoms with Crippen molar-refractivity contribution in [2.24, 2.45) is 0 Å². The number of carbonyl (C=O) groups is 1. The summed E-state index contributed by atoms with van der Waals surface area (Å²) in [7, 11) is 8.09. The quantitative estimate of drug-likeness (QED) is 0.555. The molecule has 138 valence electrons. The van der Waals surface area contributed by atoms with Crippen LogP contribution in [0.15, 0.2) is 54.6 Å². The van der Waals surface area contributed by atoms with E-state index in [1.165, 1.54) is 5.56 Å². The van der Waals surface area contributed by atoms with E-state index in [2.05, 4.69) is 42.3 Å². The number of nitrogens with one attached hydrogen (secondary N) is 1. The molecule has 2 aromatic rings. The van der Waals surface area contributed by atoms with Crippen LogP contribution in [0.5, 0.6) is 0 Å². The zero-order valence-electron chi connectivity index (χ0n) is 16.2.